The summed E-state index contributed by atoms with van der Waals surface area (Å²) in [4.78, 5) is 24.5. The van der Waals surface area contributed by atoms with Crippen molar-refractivity contribution < 1.29 is 32.2 Å². The Bertz CT molecular complexity index is 1170. The normalized spacial score (nSPS) is 13.0. The summed E-state index contributed by atoms with van der Waals surface area (Å²) in [6.45, 7) is 6.25. The fourth-order valence-corrected chi connectivity index (χ4v) is 3.58. The summed E-state index contributed by atoms with van der Waals surface area (Å²) in [5.41, 5.74) is -1.28. The topological polar surface area (TPSA) is 97.2 Å². The van der Waals surface area contributed by atoms with E-state index in [0.717, 1.165) is 17.3 Å². The Hall–Kier alpha value is -3.12. The summed E-state index contributed by atoms with van der Waals surface area (Å²) >= 11 is 1.23. The molecular formula is C22H22F4N4O3S. The number of hydrogen-bond donors (Lipinski definition) is 2. The van der Waals surface area contributed by atoms with Gasteiger partial charge in [-0.2, -0.15) is 13.2 Å². The van der Waals surface area contributed by atoms with Gasteiger partial charge < -0.3 is 15.2 Å². The van der Waals surface area contributed by atoms with Crippen LogP contribution in [0.4, 0.5) is 17.6 Å². The lowest BCUT2D eigenvalue weighted by Gasteiger charge is -2.19. The predicted molar refractivity (Wildman–Crippen MR) is 117 cm³/mol. The fourth-order valence-electron chi connectivity index (χ4n) is 2.81. The minimum atomic E-state index is -4.69. The number of aliphatic hydroxyl groups is 1. The van der Waals surface area contributed by atoms with E-state index in [4.69, 9.17) is 4.74 Å². The number of nitrogens with one attached hydrogen (secondary N) is 1. The molecule has 1 atom stereocenters. The van der Waals surface area contributed by atoms with Crippen LogP contribution in [0.1, 0.15) is 53.4 Å². The summed E-state index contributed by atoms with van der Waals surface area (Å²) in [5, 5.41) is 12.8. The zero-order valence-electron chi connectivity index (χ0n) is 18.7. The second-order valence-corrected chi connectivity index (χ2v) is 9.48. The summed E-state index contributed by atoms with van der Waals surface area (Å²) in [6, 6.07) is 1.76. The highest BCUT2D eigenvalue weighted by atomic mass is 32.1. The molecule has 3 aromatic rings. The first kappa shape index (κ1) is 25.5. The molecule has 34 heavy (non-hydrogen) atoms. The van der Waals surface area contributed by atoms with Crippen LogP contribution in [-0.4, -0.2) is 38.2 Å². The Morgan fingerprint density at radius 2 is 1.82 bits per heavy atom. The predicted octanol–water partition coefficient (Wildman–Crippen LogP) is 4.71. The van der Waals surface area contributed by atoms with E-state index in [1.165, 1.54) is 44.2 Å². The van der Waals surface area contributed by atoms with Gasteiger partial charge in [0.2, 0.25) is 5.82 Å². The molecule has 2 aromatic heterocycles. The van der Waals surface area contributed by atoms with E-state index in [1.54, 1.807) is 13.1 Å². The third-order valence-electron chi connectivity index (χ3n) is 4.51. The van der Waals surface area contributed by atoms with Gasteiger partial charge in [0.1, 0.15) is 23.2 Å². The number of alkyl halides is 3. The number of hydrogen-bond acceptors (Lipinski definition) is 7. The first-order valence-electron chi connectivity index (χ1n) is 10.1. The standard InChI is InChI=1S/C22H22F4N4O3S/c1-11-7-27-19(34-11)16-6-14(33-10-21(3,4)32)5-15(17(16)23)18(31)30-12(2)13-8-28-20(29-9-13)22(24,25)26/h5-9,12,32H,10H2,1-4H3,(H,30,31)/t12-/m1/s1. The summed E-state index contributed by atoms with van der Waals surface area (Å²) < 4.78 is 59.0. The van der Waals surface area contributed by atoms with Crippen LogP contribution in [0.25, 0.3) is 10.6 Å². The molecule has 3 rings (SSSR count). The fraction of sp³-hybridized carbons (Fsp3) is 0.364. The zero-order chi connectivity index (χ0) is 25.3. The molecule has 1 aromatic carbocycles. The first-order valence-corrected chi connectivity index (χ1v) is 10.9. The van der Waals surface area contributed by atoms with Gasteiger partial charge in [-0.1, -0.05) is 0 Å². The molecule has 0 aliphatic rings. The lowest BCUT2D eigenvalue weighted by Crippen LogP contribution is -2.29. The number of amides is 1. The first-order chi connectivity index (χ1) is 15.7. The van der Waals surface area contributed by atoms with E-state index in [2.05, 4.69) is 20.3 Å². The van der Waals surface area contributed by atoms with Crippen molar-refractivity contribution in [2.45, 2.75) is 45.5 Å². The summed E-state index contributed by atoms with van der Waals surface area (Å²) in [5.74, 6) is -2.82. The lowest BCUT2D eigenvalue weighted by molar-refractivity contribution is -0.145. The van der Waals surface area contributed by atoms with Gasteiger partial charge in [-0.05, 0) is 39.8 Å². The van der Waals surface area contributed by atoms with E-state index < -0.39 is 35.4 Å². The molecule has 2 heterocycles. The van der Waals surface area contributed by atoms with E-state index >= 15 is 4.39 Å². The minimum absolute atomic E-state index is 0.0435. The van der Waals surface area contributed by atoms with Crippen LogP contribution in [0.3, 0.4) is 0 Å². The van der Waals surface area contributed by atoms with Gasteiger partial charge in [-0.25, -0.2) is 19.3 Å². The van der Waals surface area contributed by atoms with Gasteiger partial charge in [0.25, 0.3) is 5.91 Å². The largest absolute Gasteiger partial charge is 0.491 e. The van der Waals surface area contributed by atoms with Gasteiger partial charge in [-0.15, -0.1) is 11.3 Å². The monoisotopic (exact) mass is 498 g/mol. The highest BCUT2D eigenvalue weighted by Gasteiger charge is 2.34. The third-order valence-corrected chi connectivity index (χ3v) is 5.45. The maximum absolute atomic E-state index is 15.4. The Morgan fingerprint density at radius 3 is 2.35 bits per heavy atom. The number of ether oxygens (including phenoxy) is 1. The molecule has 0 unspecified atom stereocenters. The Kier molecular flexibility index (Phi) is 7.22. The average Bonchev–Trinajstić information content (AvgIpc) is 3.17. The molecule has 0 fully saturated rings. The quantitative estimate of drug-likeness (QED) is 0.458. The number of thiazole rings is 1. The molecule has 0 bridgehead atoms. The van der Waals surface area contributed by atoms with E-state index in [-0.39, 0.29) is 29.0 Å². The van der Waals surface area contributed by atoms with E-state index in [1.807, 2.05) is 0 Å². The van der Waals surface area contributed by atoms with Crippen LogP contribution in [0.2, 0.25) is 0 Å². The molecule has 182 valence electrons. The summed E-state index contributed by atoms with van der Waals surface area (Å²) in [7, 11) is 0. The third kappa shape index (κ3) is 6.26. The van der Waals surface area contributed by atoms with Crippen molar-refractivity contribution in [3.63, 3.8) is 0 Å². The van der Waals surface area contributed by atoms with Crippen LogP contribution in [0.15, 0.2) is 30.7 Å². The molecule has 0 aliphatic carbocycles. The van der Waals surface area contributed by atoms with Crippen LogP contribution in [0.5, 0.6) is 5.75 Å². The minimum Gasteiger partial charge on any atom is -0.491 e. The number of carbonyl (C=O) groups is 1. The molecule has 7 nitrogen and oxygen atoms in total. The molecule has 12 heteroatoms. The number of nitrogens with zero attached hydrogens (tertiary/aromatic N) is 3. The van der Waals surface area contributed by atoms with Gasteiger partial charge >= 0.3 is 6.18 Å². The van der Waals surface area contributed by atoms with E-state index in [9.17, 15) is 23.1 Å². The van der Waals surface area contributed by atoms with Crippen LogP contribution in [0, 0.1) is 12.7 Å². The Balaban J connectivity index is 1.91. The number of halogens is 4. The molecule has 0 saturated carbocycles. The molecule has 0 radical (unpaired) electrons. The maximum Gasteiger partial charge on any atom is 0.451 e. The maximum atomic E-state index is 15.4. The van der Waals surface area contributed by atoms with Crippen LogP contribution >= 0.6 is 11.3 Å². The number of benzene rings is 1. The van der Waals surface area contributed by atoms with Crippen molar-refractivity contribution in [2.75, 3.05) is 6.61 Å². The van der Waals surface area contributed by atoms with Crippen molar-refractivity contribution in [1.29, 1.82) is 0 Å². The van der Waals surface area contributed by atoms with Crippen molar-refractivity contribution >= 4 is 17.2 Å². The molecule has 0 saturated heterocycles. The van der Waals surface area contributed by atoms with Crippen molar-refractivity contribution in [3.8, 4) is 16.3 Å². The number of carbonyl (C=O) groups excluding carboxylic acids is 1. The van der Waals surface area contributed by atoms with Gasteiger partial charge in [0.15, 0.2) is 0 Å². The molecule has 2 N–H and O–H groups in total. The highest BCUT2D eigenvalue weighted by molar-refractivity contribution is 7.14. The number of aryl methyl sites for hydroxylation is 1. The average molecular weight is 499 g/mol. The Morgan fingerprint density at radius 1 is 1.18 bits per heavy atom. The second kappa shape index (κ2) is 9.63. The lowest BCUT2D eigenvalue weighted by atomic mass is 10.1. The number of rotatable bonds is 7. The molecule has 0 aliphatic heterocycles. The summed E-state index contributed by atoms with van der Waals surface area (Å²) in [6.07, 6.45) is -1.23. The highest BCUT2D eigenvalue weighted by Crippen LogP contribution is 2.33. The SMILES string of the molecule is Cc1cnc(-c2cc(OCC(C)(C)O)cc(C(=O)N[C@H](C)c3cnc(C(F)(F)F)nc3)c2F)s1. The molecule has 1 amide bonds. The molecular weight excluding hydrogens is 476 g/mol. The zero-order valence-corrected chi connectivity index (χ0v) is 19.5. The van der Waals surface area contributed by atoms with Crippen LogP contribution in [-0.2, 0) is 6.18 Å². The molecule has 0 spiro atoms. The van der Waals surface area contributed by atoms with Gasteiger partial charge in [0, 0.05) is 29.0 Å². The van der Waals surface area contributed by atoms with Gasteiger partial charge in [-0.3, -0.25) is 4.79 Å². The number of aromatic nitrogens is 3. The smallest absolute Gasteiger partial charge is 0.451 e. The second-order valence-electron chi connectivity index (χ2n) is 8.24. The van der Waals surface area contributed by atoms with Crippen LogP contribution < -0.4 is 10.1 Å². The van der Waals surface area contributed by atoms with Crippen molar-refractivity contribution in [2.24, 2.45) is 0 Å². The van der Waals surface area contributed by atoms with E-state index in [0.29, 0.717) is 5.01 Å². The van der Waals surface area contributed by atoms with Crippen molar-refractivity contribution in [1.82, 2.24) is 20.3 Å². The van der Waals surface area contributed by atoms with Gasteiger partial charge in [0.05, 0.1) is 22.8 Å². The Labute approximate surface area is 196 Å². The van der Waals surface area contributed by atoms with Crippen molar-refractivity contribution in [3.05, 3.63) is 58.4 Å².